The molecule has 0 aromatic heterocycles. The van der Waals surface area contributed by atoms with Crippen LogP contribution >= 0.6 is 0 Å². The molecule has 5 heteroatoms. The second-order valence-corrected chi connectivity index (χ2v) is 7.85. The molecular weight excluding hydrogens is 236 g/mol. The van der Waals surface area contributed by atoms with Crippen LogP contribution in [-0.4, -0.2) is 44.7 Å². The summed E-state index contributed by atoms with van der Waals surface area (Å²) in [7, 11) is -1.31. The van der Waals surface area contributed by atoms with E-state index in [1.54, 1.807) is 11.4 Å². The molecule has 1 N–H and O–H groups in total. The molecule has 0 saturated heterocycles. The molecule has 0 aromatic carbocycles. The van der Waals surface area contributed by atoms with Crippen LogP contribution in [0, 0.1) is 11.8 Å². The zero-order valence-corrected chi connectivity index (χ0v) is 11.7. The summed E-state index contributed by atoms with van der Waals surface area (Å²) < 4.78 is 25.5. The summed E-state index contributed by atoms with van der Waals surface area (Å²) in [5.41, 5.74) is 0. The molecule has 2 saturated carbocycles. The van der Waals surface area contributed by atoms with Gasteiger partial charge < -0.3 is 5.32 Å². The van der Waals surface area contributed by atoms with Crippen LogP contribution in [-0.2, 0) is 10.0 Å². The van der Waals surface area contributed by atoms with E-state index in [0.717, 1.165) is 13.0 Å². The number of nitrogens with zero attached hydrogens (tertiary/aromatic N) is 1. The number of sulfonamides is 1. The maximum absolute atomic E-state index is 12.0. The minimum Gasteiger partial charge on any atom is -0.314 e. The Balaban J connectivity index is 1.64. The van der Waals surface area contributed by atoms with Crippen molar-refractivity contribution in [1.29, 1.82) is 0 Å². The van der Waals surface area contributed by atoms with Gasteiger partial charge in [0.2, 0.25) is 10.0 Å². The molecule has 0 bridgehead atoms. The van der Waals surface area contributed by atoms with Crippen molar-refractivity contribution < 1.29 is 8.42 Å². The largest absolute Gasteiger partial charge is 0.314 e. The molecule has 17 heavy (non-hydrogen) atoms. The lowest BCUT2D eigenvalue weighted by Gasteiger charge is -2.17. The quantitative estimate of drug-likeness (QED) is 0.664. The fraction of sp³-hybridized carbons (Fsp3) is 1.00. The summed E-state index contributed by atoms with van der Waals surface area (Å²) >= 11 is 0. The van der Waals surface area contributed by atoms with Crippen molar-refractivity contribution in [1.82, 2.24) is 9.62 Å². The normalized spacial score (nSPS) is 28.6. The van der Waals surface area contributed by atoms with Crippen LogP contribution in [0.15, 0.2) is 0 Å². The Morgan fingerprint density at radius 3 is 2.53 bits per heavy atom. The first-order chi connectivity index (χ1) is 7.99. The highest BCUT2D eigenvalue weighted by Crippen LogP contribution is 2.38. The topological polar surface area (TPSA) is 49.4 Å². The van der Waals surface area contributed by atoms with Gasteiger partial charge in [-0.05, 0) is 44.1 Å². The van der Waals surface area contributed by atoms with E-state index in [0.29, 0.717) is 24.4 Å². The third-order valence-corrected chi connectivity index (χ3v) is 5.74. The molecule has 2 unspecified atom stereocenters. The van der Waals surface area contributed by atoms with Gasteiger partial charge in [-0.2, -0.15) is 0 Å². The number of hydrogen-bond donors (Lipinski definition) is 1. The minimum absolute atomic E-state index is 0.282. The molecule has 2 fully saturated rings. The van der Waals surface area contributed by atoms with E-state index in [-0.39, 0.29) is 5.75 Å². The molecule has 0 heterocycles. The average molecular weight is 260 g/mol. The molecule has 0 aliphatic heterocycles. The van der Waals surface area contributed by atoms with Gasteiger partial charge in [0.1, 0.15) is 0 Å². The summed E-state index contributed by atoms with van der Waals surface area (Å²) in [5.74, 6) is 1.59. The van der Waals surface area contributed by atoms with Crippen molar-refractivity contribution in [3.05, 3.63) is 0 Å². The van der Waals surface area contributed by atoms with Gasteiger partial charge in [0.15, 0.2) is 0 Å². The van der Waals surface area contributed by atoms with Crippen molar-refractivity contribution in [2.45, 2.75) is 38.6 Å². The fourth-order valence-corrected chi connectivity index (χ4v) is 3.34. The molecule has 0 radical (unpaired) electrons. The van der Waals surface area contributed by atoms with Crippen LogP contribution in [0.4, 0.5) is 0 Å². The second kappa shape index (κ2) is 5.24. The molecule has 0 amide bonds. The van der Waals surface area contributed by atoms with Gasteiger partial charge in [-0.1, -0.05) is 6.92 Å². The first-order valence-electron chi connectivity index (χ1n) is 6.66. The maximum atomic E-state index is 12.0. The van der Waals surface area contributed by atoms with Crippen molar-refractivity contribution in [3.63, 3.8) is 0 Å². The van der Waals surface area contributed by atoms with Crippen LogP contribution in [0.2, 0.25) is 0 Å². The third-order valence-electron chi connectivity index (χ3n) is 3.83. The second-order valence-electron chi connectivity index (χ2n) is 5.65. The predicted octanol–water partition coefficient (Wildman–Crippen LogP) is 1.05. The predicted molar refractivity (Wildman–Crippen MR) is 69.3 cm³/mol. The minimum atomic E-state index is -3.02. The van der Waals surface area contributed by atoms with Crippen LogP contribution in [0.5, 0.6) is 0 Å². The molecule has 2 rings (SSSR count). The number of nitrogens with one attached hydrogen (secondary N) is 1. The van der Waals surface area contributed by atoms with Gasteiger partial charge in [-0.15, -0.1) is 0 Å². The summed E-state index contributed by atoms with van der Waals surface area (Å²) in [5, 5.41) is 3.35. The van der Waals surface area contributed by atoms with Crippen LogP contribution in [0.1, 0.15) is 32.6 Å². The molecule has 2 aliphatic rings. The summed E-state index contributed by atoms with van der Waals surface area (Å²) in [6, 6.07) is 0.669. The van der Waals surface area contributed by atoms with Gasteiger partial charge >= 0.3 is 0 Å². The van der Waals surface area contributed by atoms with Crippen molar-refractivity contribution >= 4 is 10.0 Å². The third kappa shape index (κ3) is 4.23. The lowest BCUT2D eigenvalue weighted by Crippen LogP contribution is -2.32. The van der Waals surface area contributed by atoms with E-state index in [1.807, 2.05) is 0 Å². The first-order valence-corrected chi connectivity index (χ1v) is 8.27. The average Bonchev–Trinajstić information content (AvgIpc) is 3.14. The van der Waals surface area contributed by atoms with Crippen molar-refractivity contribution in [2.24, 2.45) is 11.8 Å². The lowest BCUT2D eigenvalue weighted by molar-refractivity contribution is 0.443. The number of hydrogen-bond acceptors (Lipinski definition) is 3. The van der Waals surface area contributed by atoms with E-state index >= 15 is 0 Å². The molecule has 2 atom stereocenters. The summed E-state index contributed by atoms with van der Waals surface area (Å²) in [6.07, 6.45) is 4.42. The Morgan fingerprint density at radius 1 is 1.35 bits per heavy atom. The molecule has 2 aliphatic carbocycles. The molecular formula is C12H24N2O2S. The van der Waals surface area contributed by atoms with Crippen LogP contribution < -0.4 is 5.32 Å². The monoisotopic (exact) mass is 260 g/mol. The Kier molecular flexibility index (Phi) is 4.10. The Morgan fingerprint density at radius 2 is 2.00 bits per heavy atom. The summed E-state index contributed by atoms with van der Waals surface area (Å²) in [4.78, 5) is 0. The summed E-state index contributed by atoms with van der Waals surface area (Å²) in [6.45, 7) is 3.72. The highest BCUT2D eigenvalue weighted by atomic mass is 32.2. The maximum Gasteiger partial charge on any atom is 0.213 e. The van der Waals surface area contributed by atoms with Crippen molar-refractivity contribution in [2.75, 3.05) is 25.9 Å². The molecule has 4 nitrogen and oxygen atoms in total. The SMILES string of the molecule is CC1CC1CN(C)S(=O)(=O)CCCNC1CC1. The molecule has 100 valence electrons. The molecule has 0 spiro atoms. The van der Waals surface area contributed by atoms with Gasteiger partial charge in [0.05, 0.1) is 5.75 Å². The van der Waals surface area contributed by atoms with E-state index in [1.165, 1.54) is 19.3 Å². The van der Waals surface area contributed by atoms with Crippen LogP contribution in [0.3, 0.4) is 0 Å². The Bertz CT molecular complexity index is 352. The Hall–Kier alpha value is -0.130. The van der Waals surface area contributed by atoms with Gasteiger partial charge in [0, 0.05) is 19.6 Å². The smallest absolute Gasteiger partial charge is 0.213 e. The van der Waals surface area contributed by atoms with Gasteiger partial charge in [0.25, 0.3) is 0 Å². The standard InChI is InChI=1S/C12H24N2O2S/c1-10-8-11(10)9-14(2)17(15,16)7-3-6-13-12-4-5-12/h10-13H,3-9H2,1-2H3. The van der Waals surface area contributed by atoms with E-state index in [4.69, 9.17) is 0 Å². The number of rotatable bonds is 8. The van der Waals surface area contributed by atoms with Crippen molar-refractivity contribution in [3.8, 4) is 0 Å². The first kappa shape index (κ1) is 13.3. The van der Waals surface area contributed by atoms with E-state index in [2.05, 4.69) is 12.2 Å². The van der Waals surface area contributed by atoms with E-state index in [9.17, 15) is 8.42 Å². The zero-order valence-electron chi connectivity index (χ0n) is 10.9. The molecule has 0 aromatic rings. The Labute approximate surface area is 105 Å². The van der Waals surface area contributed by atoms with Crippen LogP contribution in [0.25, 0.3) is 0 Å². The van der Waals surface area contributed by atoms with Gasteiger partial charge in [-0.25, -0.2) is 12.7 Å². The lowest BCUT2D eigenvalue weighted by atomic mass is 10.3. The highest BCUT2D eigenvalue weighted by Gasteiger charge is 2.35. The van der Waals surface area contributed by atoms with Gasteiger partial charge in [-0.3, -0.25) is 0 Å². The zero-order chi connectivity index (χ0) is 12.5. The fourth-order valence-electron chi connectivity index (χ4n) is 2.10. The van der Waals surface area contributed by atoms with E-state index < -0.39 is 10.0 Å². The highest BCUT2D eigenvalue weighted by molar-refractivity contribution is 7.89.